The molecule has 0 amide bonds. The third-order valence-corrected chi connectivity index (χ3v) is 2.59. The molecule has 17 heavy (non-hydrogen) atoms. The summed E-state index contributed by atoms with van der Waals surface area (Å²) in [5, 5.41) is 0.504. The number of carbonyl (C=O) groups excluding carboxylic acids is 1. The van der Waals surface area contributed by atoms with Crippen molar-refractivity contribution in [1.82, 2.24) is 9.97 Å². The molecule has 2 aromatic rings. The lowest BCUT2D eigenvalue weighted by molar-refractivity contribution is 0.112. The number of aromatic amines is 1. The van der Waals surface area contributed by atoms with Crippen LogP contribution in [0.4, 0.5) is 0 Å². The Morgan fingerprint density at radius 2 is 2.35 bits per heavy atom. The van der Waals surface area contributed by atoms with E-state index in [-0.39, 0.29) is 0 Å². The number of H-pyrrole nitrogens is 1. The van der Waals surface area contributed by atoms with Gasteiger partial charge in [-0.3, -0.25) is 4.79 Å². The Morgan fingerprint density at radius 3 is 3.00 bits per heavy atom. The van der Waals surface area contributed by atoms with E-state index in [0.29, 0.717) is 28.8 Å². The molecule has 1 aromatic carbocycles. The third kappa shape index (κ3) is 2.31. The molecule has 0 bridgehead atoms. The van der Waals surface area contributed by atoms with E-state index in [4.69, 9.17) is 16.3 Å². The van der Waals surface area contributed by atoms with Crippen LogP contribution in [0.1, 0.15) is 17.4 Å². The number of aromatic nitrogens is 2. The fraction of sp³-hybridized carbons (Fsp3) is 0.167. The molecule has 0 spiro atoms. The van der Waals surface area contributed by atoms with Gasteiger partial charge in [-0.2, -0.15) is 0 Å². The molecule has 0 saturated carbocycles. The Labute approximate surface area is 104 Å². The first-order valence-electron chi connectivity index (χ1n) is 5.17. The van der Waals surface area contributed by atoms with Crippen LogP contribution < -0.4 is 4.74 Å². The van der Waals surface area contributed by atoms with Gasteiger partial charge in [0.1, 0.15) is 11.4 Å². The molecule has 0 atom stereocenters. The van der Waals surface area contributed by atoms with Gasteiger partial charge >= 0.3 is 0 Å². The molecule has 0 aliphatic rings. The standard InChI is InChI=1S/C12H11ClN2O2/c1-2-17-11-4-3-8(5-9(11)13)12-10(6-16)14-7-15-12/h3-7H,2H2,1H3,(H,14,15). The highest BCUT2D eigenvalue weighted by molar-refractivity contribution is 6.32. The summed E-state index contributed by atoms with van der Waals surface area (Å²) in [6.45, 7) is 2.45. The Hall–Kier alpha value is -1.81. The van der Waals surface area contributed by atoms with E-state index in [1.807, 2.05) is 13.0 Å². The summed E-state index contributed by atoms with van der Waals surface area (Å²) in [5.41, 5.74) is 1.80. The predicted octanol–water partition coefficient (Wildman–Crippen LogP) is 2.94. The van der Waals surface area contributed by atoms with Crippen molar-refractivity contribution in [3.63, 3.8) is 0 Å². The average Bonchev–Trinajstić information content (AvgIpc) is 2.80. The molecule has 1 aromatic heterocycles. The summed E-state index contributed by atoms with van der Waals surface area (Å²) in [4.78, 5) is 17.6. The number of halogens is 1. The van der Waals surface area contributed by atoms with Gasteiger partial charge in [-0.15, -0.1) is 0 Å². The average molecular weight is 251 g/mol. The van der Waals surface area contributed by atoms with Crippen molar-refractivity contribution in [3.8, 4) is 17.0 Å². The smallest absolute Gasteiger partial charge is 0.168 e. The number of rotatable bonds is 4. The van der Waals surface area contributed by atoms with Crippen molar-refractivity contribution in [1.29, 1.82) is 0 Å². The van der Waals surface area contributed by atoms with Crippen LogP contribution in [-0.4, -0.2) is 22.9 Å². The molecule has 0 aliphatic heterocycles. The first-order chi connectivity index (χ1) is 8.26. The number of aldehydes is 1. The fourth-order valence-electron chi connectivity index (χ4n) is 1.54. The van der Waals surface area contributed by atoms with E-state index >= 15 is 0 Å². The molecule has 0 saturated heterocycles. The van der Waals surface area contributed by atoms with E-state index in [2.05, 4.69) is 9.97 Å². The van der Waals surface area contributed by atoms with Crippen molar-refractivity contribution in [3.05, 3.63) is 35.2 Å². The van der Waals surface area contributed by atoms with Gasteiger partial charge in [0.25, 0.3) is 0 Å². The summed E-state index contributed by atoms with van der Waals surface area (Å²) >= 11 is 6.07. The SMILES string of the molecule is CCOc1ccc(-c2nc[nH]c2C=O)cc1Cl. The third-order valence-electron chi connectivity index (χ3n) is 2.29. The molecule has 2 rings (SSSR count). The number of nitrogens with zero attached hydrogens (tertiary/aromatic N) is 1. The van der Waals surface area contributed by atoms with Crippen LogP contribution >= 0.6 is 11.6 Å². The van der Waals surface area contributed by atoms with Gasteiger partial charge in [-0.05, 0) is 25.1 Å². The van der Waals surface area contributed by atoms with Crippen molar-refractivity contribution < 1.29 is 9.53 Å². The van der Waals surface area contributed by atoms with Gasteiger partial charge < -0.3 is 9.72 Å². The number of ether oxygens (including phenoxy) is 1. The molecule has 1 heterocycles. The monoisotopic (exact) mass is 250 g/mol. The highest BCUT2D eigenvalue weighted by Crippen LogP contribution is 2.30. The summed E-state index contributed by atoms with van der Waals surface area (Å²) in [6.07, 6.45) is 2.20. The highest BCUT2D eigenvalue weighted by atomic mass is 35.5. The number of imidazole rings is 1. The van der Waals surface area contributed by atoms with E-state index in [1.54, 1.807) is 12.1 Å². The van der Waals surface area contributed by atoms with E-state index in [9.17, 15) is 4.79 Å². The normalized spacial score (nSPS) is 10.2. The van der Waals surface area contributed by atoms with E-state index < -0.39 is 0 Å². The lowest BCUT2D eigenvalue weighted by atomic mass is 10.1. The van der Waals surface area contributed by atoms with Crippen LogP contribution in [0.15, 0.2) is 24.5 Å². The summed E-state index contributed by atoms with van der Waals surface area (Å²) in [5.74, 6) is 0.626. The minimum Gasteiger partial charge on any atom is -0.492 e. The van der Waals surface area contributed by atoms with E-state index in [1.165, 1.54) is 6.33 Å². The van der Waals surface area contributed by atoms with Crippen LogP contribution in [-0.2, 0) is 0 Å². The van der Waals surface area contributed by atoms with Gasteiger partial charge in [0.05, 0.1) is 23.7 Å². The zero-order chi connectivity index (χ0) is 12.3. The minimum absolute atomic E-state index is 0.435. The Kier molecular flexibility index (Phi) is 3.44. The maximum absolute atomic E-state index is 10.8. The minimum atomic E-state index is 0.435. The largest absolute Gasteiger partial charge is 0.492 e. The van der Waals surface area contributed by atoms with Crippen LogP contribution in [0.5, 0.6) is 5.75 Å². The van der Waals surface area contributed by atoms with Gasteiger partial charge in [-0.1, -0.05) is 11.6 Å². The molecule has 0 radical (unpaired) electrons. The summed E-state index contributed by atoms with van der Waals surface area (Å²) in [7, 11) is 0. The first-order valence-corrected chi connectivity index (χ1v) is 5.55. The zero-order valence-corrected chi connectivity index (χ0v) is 9.99. The second-order valence-corrected chi connectivity index (χ2v) is 3.77. The number of hydrogen-bond acceptors (Lipinski definition) is 3. The molecule has 5 heteroatoms. The predicted molar refractivity (Wildman–Crippen MR) is 65.6 cm³/mol. The maximum Gasteiger partial charge on any atom is 0.168 e. The summed E-state index contributed by atoms with van der Waals surface area (Å²) in [6, 6.07) is 5.32. The van der Waals surface area contributed by atoms with Gasteiger partial charge in [0.15, 0.2) is 6.29 Å². The Bertz CT molecular complexity index is 537. The van der Waals surface area contributed by atoms with E-state index in [0.717, 1.165) is 11.8 Å². The Balaban J connectivity index is 2.41. The molecule has 0 unspecified atom stereocenters. The lowest BCUT2D eigenvalue weighted by Crippen LogP contribution is -1.93. The van der Waals surface area contributed by atoms with Crippen LogP contribution in [0.3, 0.4) is 0 Å². The highest BCUT2D eigenvalue weighted by Gasteiger charge is 2.10. The number of carbonyl (C=O) groups is 1. The molecule has 0 aliphatic carbocycles. The molecule has 88 valence electrons. The Morgan fingerprint density at radius 1 is 1.53 bits per heavy atom. The van der Waals surface area contributed by atoms with Crippen LogP contribution in [0.25, 0.3) is 11.3 Å². The molecular weight excluding hydrogens is 240 g/mol. The molecular formula is C12H11ClN2O2. The second kappa shape index (κ2) is 5.01. The van der Waals surface area contributed by atoms with Gasteiger partial charge in [0.2, 0.25) is 0 Å². The molecule has 4 nitrogen and oxygen atoms in total. The number of nitrogens with one attached hydrogen (secondary N) is 1. The quantitative estimate of drug-likeness (QED) is 0.849. The van der Waals surface area contributed by atoms with Crippen molar-refractivity contribution in [2.24, 2.45) is 0 Å². The van der Waals surface area contributed by atoms with Crippen molar-refractivity contribution in [2.75, 3.05) is 6.61 Å². The fourth-order valence-corrected chi connectivity index (χ4v) is 1.78. The first kappa shape index (κ1) is 11.7. The van der Waals surface area contributed by atoms with Gasteiger partial charge in [-0.25, -0.2) is 4.98 Å². The molecule has 1 N–H and O–H groups in total. The summed E-state index contributed by atoms with van der Waals surface area (Å²) < 4.78 is 5.34. The van der Waals surface area contributed by atoms with Crippen LogP contribution in [0, 0.1) is 0 Å². The number of benzene rings is 1. The van der Waals surface area contributed by atoms with Crippen LogP contribution in [0.2, 0.25) is 5.02 Å². The van der Waals surface area contributed by atoms with Gasteiger partial charge in [0, 0.05) is 5.56 Å². The maximum atomic E-state index is 10.8. The van der Waals surface area contributed by atoms with Crippen molar-refractivity contribution in [2.45, 2.75) is 6.92 Å². The van der Waals surface area contributed by atoms with Crippen molar-refractivity contribution >= 4 is 17.9 Å². The lowest BCUT2D eigenvalue weighted by Gasteiger charge is -2.06. The second-order valence-electron chi connectivity index (χ2n) is 3.36. The topological polar surface area (TPSA) is 55.0 Å². The molecule has 0 fully saturated rings. The zero-order valence-electron chi connectivity index (χ0n) is 9.24. The number of hydrogen-bond donors (Lipinski definition) is 1.